The van der Waals surface area contributed by atoms with Gasteiger partial charge in [0.25, 0.3) is 0 Å². The average Bonchev–Trinajstić information content (AvgIpc) is 2.50. The first-order chi connectivity index (χ1) is 10.8. The van der Waals surface area contributed by atoms with Gasteiger partial charge in [-0.2, -0.15) is 8.42 Å². The molecule has 0 aliphatic carbocycles. The molecule has 0 saturated carbocycles. The number of rotatable bonds is 3. The lowest BCUT2D eigenvalue weighted by atomic mass is 10.2. The van der Waals surface area contributed by atoms with Crippen LogP contribution in [0.1, 0.15) is 0 Å². The molecule has 1 heterocycles. The van der Waals surface area contributed by atoms with Crippen LogP contribution in [0.5, 0.6) is 5.75 Å². The van der Waals surface area contributed by atoms with Crippen LogP contribution in [0.15, 0.2) is 62.6 Å². The first-order valence-corrected chi connectivity index (χ1v) is 8.45. The monoisotopic (exact) mass is 370 g/mol. The van der Waals surface area contributed by atoms with Crippen molar-refractivity contribution in [3.8, 4) is 5.75 Å². The largest absolute Gasteiger partial charge is 0.423 e. The standard InChI is InChI=1S/C15H8Cl2O5S/c16-12-4-2-10(8-13(12)17)22-23(19,20)11-3-5-14-9(7-11)1-6-15(18)21-14/h1-8H. The maximum Gasteiger partial charge on any atom is 0.339 e. The highest BCUT2D eigenvalue weighted by Gasteiger charge is 2.18. The highest BCUT2D eigenvalue weighted by Crippen LogP contribution is 2.28. The van der Waals surface area contributed by atoms with Gasteiger partial charge >= 0.3 is 15.7 Å². The van der Waals surface area contributed by atoms with Crippen LogP contribution >= 0.6 is 23.2 Å². The number of hydrogen-bond acceptors (Lipinski definition) is 5. The van der Waals surface area contributed by atoms with Crippen molar-refractivity contribution in [3.05, 3.63) is 69.0 Å². The van der Waals surface area contributed by atoms with Crippen LogP contribution in [0.4, 0.5) is 0 Å². The van der Waals surface area contributed by atoms with E-state index in [-0.39, 0.29) is 26.3 Å². The molecule has 2 aromatic carbocycles. The maximum atomic E-state index is 12.3. The molecule has 3 rings (SSSR count). The molecule has 0 unspecified atom stereocenters. The SMILES string of the molecule is O=c1ccc2cc(S(=O)(=O)Oc3ccc(Cl)c(Cl)c3)ccc2o1. The molecular weight excluding hydrogens is 363 g/mol. The second-order valence-electron chi connectivity index (χ2n) is 4.57. The Bertz CT molecular complexity index is 1060. The van der Waals surface area contributed by atoms with E-state index in [2.05, 4.69) is 0 Å². The van der Waals surface area contributed by atoms with E-state index in [9.17, 15) is 13.2 Å². The van der Waals surface area contributed by atoms with E-state index in [1.165, 1.54) is 48.5 Å². The van der Waals surface area contributed by atoms with Crippen molar-refractivity contribution < 1.29 is 17.0 Å². The van der Waals surface area contributed by atoms with Crippen LogP contribution in [0.3, 0.4) is 0 Å². The van der Waals surface area contributed by atoms with Crippen molar-refractivity contribution in [2.45, 2.75) is 4.90 Å². The smallest absolute Gasteiger partial charge is 0.339 e. The molecule has 0 amide bonds. The maximum absolute atomic E-state index is 12.3. The molecule has 3 aromatic rings. The van der Waals surface area contributed by atoms with Crippen LogP contribution in [-0.2, 0) is 10.1 Å². The molecule has 23 heavy (non-hydrogen) atoms. The van der Waals surface area contributed by atoms with Crippen molar-refractivity contribution >= 4 is 44.3 Å². The lowest BCUT2D eigenvalue weighted by Gasteiger charge is -2.08. The van der Waals surface area contributed by atoms with Crippen LogP contribution in [0.25, 0.3) is 11.0 Å². The van der Waals surface area contributed by atoms with Crippen molar-refractivity contribution in [2.24, 2.45) is 0 Å². The normalized spacial score (nSPS) is 11.6. The molecule has 0 radical (unpaired) electrons. The average molecular weight is 371 g/mol. The molecule has 0 saturated heterocycles. The summed E-state index contributed by atoms with van der Waals surface area (Å²) in [6.07, 6.45) is 0. The van der Waals surface area contributed by atoms with E-state index < -0.39 is 15.7 Å². The second-order valence-corrected chi connectivity index (χ2v) is 6.93. The molecule has 0 atom stereocenters. The molecule has 8 heteroatoms. The van der Waals surface area contributed by atoms with Gasteiger partial charge in [0.15, 0.2) is 0 Å². The third-order valence-corrected chi connectivity index (χ3v) is 4.96. The fraction of sp³-hybridized carbons (Fsp3) is 0. The van der Waals surface area contributed by atoms with E-state index in [1.807, 2.05) is 0 Å². The molecule has 0 bridgehead atoms. The second kappa shape index (κ2) is 5.88. The van der Waals surface area contributed by atoms with Gasteiger partial charge < -0.3 is 8.60 Å². The van der Waals surface area contributed by atoms with Gasteiger partial charge in [-0.3, -0.25) is 0 Å². The van der Waals surface area contributed by atoms with Gasteiger partial charge in [0.1, 0.15) is 16.2 Å². The Labute approximate surface area is 141 Å². The number of fused-ring (bicyclic) bond motifs is 1. The predicted octanol–water partition coefficient (Wildman–Crippen LogP) is 3.87. The highest BCUT2D eigenvalue weighted by atomic mass is 35.5. The van der Waals surface area contributed by atoms with E-state index in [4.69, 9.17) is 31.8 Å². The number of benzene rings is 2. The summed E-state index contributed by atoms with van der Waals surface area (Å²) >= 11 is 11.6. The molecule has 0 N–H and O–H groups in total. The first kappa shape index (κ1) is 15.9. The molecule has 0 fully saturated rings. The fourth-order valence-corrected chi connectivity index (χ4v) is 3.16. The Hall–Kier alpha value is -2.02. The zero-order chi connectivity index (χ0) is 16.6. The minimum atomic E-state index is -4.07. The molecule has 1 aromatic heterocycles. The first-order valence-electron chi connectivity index (χ1n) is 6.29. The summed E-state index contributed by atoms with van der Waals surface area (Å²) in [5.74, 6) is 0.0408. The van der Waals surface area contributed by atoms with Gasteiger partial charge in [-0.05, 0) is 36.4 Å². The minimum Gasteiger partial charge on any atom is -0.423 e. The number of hydrogen-bond donors (Lipinski definition) is 0. The summed E-state index contributed by atoms with van der Waals surface area (Å²) in [7, 11) is -4.07. The van der Waals surface area contributed by atoms with Crippen molar-refractivity contribution in [1.29, 1.82) is 0 Å². The van der Waals surface area contributed by atoms with E-state index in [0.717, 1.165) is 0 Å². The highest BCUT2D eigenvalue weighted by molar-refractivity contribution is 7.87. The molecule has 118 valence electrons. The molecule has 0 aliphatic heterocycles. The predicted molar refractivity (Wildman–Crippen MR) is 86.8 cm³/mol. The van der Waals surface area contributed by atoms with Gasteiger partial charge in [-0.1, -0.05) is 23.2 Å². The minimum absolute atomic E-state index is 0.0408. The zero-order valence-electron chi connectivity index (χ0n) is 11.3. The molecular formula is C15H8Cl2O5S. The van der Waals surface area contributed by atoms with E-state index in [0.29, 0.717) is 5.39 Å². The zero-order valence-corrected chi connectivity index (χ0v) is 13.7. The lowest BCUT2D eigenvalue weighted by Crippen LogP contribution is -2.09. The molecule has 0 aliphatic rings. The van der Waals surface area contributed by atoms with Gasteiger partial charge in [0.2, 0.25) is 0 Å². The molecule has 5 nitrogen and oxygen atoms in total. The summed E-state index contributed by atoms with van der Waals surface area (Å²) in [4.78, 5) is 11.1. The van der Waals surface area contributed by atoms with E-state index >= 15 is 0 Å². The Balaban J connectivity index is 2.00. The van der Waals surface area contributed by atoms with E-state index in [1.54, 1.807) is 0 Å². The van der Waals surface area contributed by atoms with Crippen LogP contribution < -0.4 is 9.81 Å². The van der Waals surface area contributed by atoms with Crippen LogP contribution in [-0.4, -0.2) is 8.42 Å². The third kappa shape index (κ3) is 3.34. The Morgan fingerprint density at radius 1 is 0.913 bits per heavy atom. The summed E-state index contributed by atoms with van der Waals surface area (Å²) in [6.45, 7) is 0. The van der Waals surface area contributed by atoms with Gasteiger partial charge in [0, 0.05) is 17.5 Å². The third-order valence-electron chi connectivity index (χ3n) is 2.98. The Kier molecular flexibility index (Phi) is 4.06. The molecule has 0 spiro atoms. The Morgan fingerprint density at radius 3 is 2.43 bits per heavy atom. The van der Waals surface area contributed by atoms with Gasteiger partial charge in [0.05, 0.1) is 10.0 Å². The van der Waals surface area contributed by atoms with Gasteiger partial charge in [-0.25, -0.2) is 4.79 Å². The van der Waals surface area contributed by atoms with Crippen LogP contribution in [0.2, 0.25) is 10.0 Å². The summed E-state index contributed by atoms with van der Waals surface area (Å²) in [6, 6.07) is 10.8. The van der Waals surface area contributed by atoms with Crippen molar-refractivity contribution in [3.63, 3.8) is 0 Å². The van der Waals surface area contributed by atoms with Crippen molar-refractivity contribution in [1.82, 2.24) is 0 Å². The van der Waals surface area contributed by atoms with Gasteiger partial charge in [-0.15, -0.1) is 0 Å². The number of halogens is 2. The lowest BCUT2D eigenvalue weighted by molar-refractivity contribution is 0.486. The Morgan fingerprint density at radius 2 is 1.70 bits per heavy atom. The summed E-state index contributed by atoms with van der Waals surface area (Å²) in [5.41, 5.74) is -0.230. The summed E-state index contributed by atoms with van der Waals surface area (Å²) < 4.78 is 34.6. The quantitative estimate of drug-likeness (QED) is 0.516. The van der Waals surface area contributed by atoms with Crippen molar-refractivity contribution in [2.75, 3.05) is 0 Å². The topological polar surface area (TPSA) is 73.6 Å². The fourth-order valence-electron chi connectivity index (χ4n) is 1.91. The summed E-state index contributed by atoms with van der Waals surface area (Å²) in [5, 5.41) is 0.931. The van der Waals surface area contributed by atoms with Crippen LogP contribution in [0, 0.1) is 0 Å².